The van der Waals surface area contributed by atoms with Crippen LogP contribution < -0.4 is 0 Å². The number of carbonyl (C=O) groups is 1. The molecule has 0 saturated heterocycles. The topological polar surface area (TPSA) is 17.1 Å². The highest BCUT2D eigenvalue weighted by Crippen LogP contribution is 2.27. The summed E-state index contributed by atoms with van der Waals surface area (Å²) in [6.45, 7) is 10.9. The van der Waals surface area contributed by atoms with Gasteiger partial charge in [-0.05, 0) is 36.1 Å². The lowest BCUT2D eigenvalue weighted by Gasteiger charge is -2.22. The van der Waals surface area contributed by atoms with Crippen LogP contribution in [0.25, 0.3) is 0 Å². The summed E-state index contributed by atoms with van der Waals surface area (Å²) in [5.41, 5.74) is 1.23. The van der Waals surface area contributed by atoms with Gasteiger partial charge in [-0.2, -0.15) is 0 Å². The van der Waals surface area contributed by atoms with Crippen LogP contribution in [-0.4, -0.2) is 5.78 Å². The van der Waals surface area contributed by atoms with Gasteiger partial charge in [0, 0.05) is 16.9 Å². The first kappa shape index (κ1) is 13.4. The van der Waals surface area contributed by atoms with Crippen molar-refractivity contribution in [2.24, 2.45) is 11.3 Å². The molecule has 0 amide bonds. The fourth-order valence-electron chi connectivity index (χ4n) is 2.22. The van der Waals surface area contributed by atoms with Gasteiger partial charge < -0.3 is 0 Å². The van der Waals surface area contributed by atoms with Gasteiger partial charge in [-0.1, -0.05) is 27.7 Å². The molecule has 0 aliphatic carbocycles. The number of ketones is 1. The number of aryl methyl sites for hydroxylation is 1. The first-order valence-electron chi connectivity index (χ1n) is 5.87. The van der Waals surface area contributed by atoms with E-state index < -0.39 is 0 Å². The first-order chi connectivity index (χ1) is 7.29. The minimum Gasteiger partial charge on any atom is -0.294 e. The van der Waals surface area contributed by atoms with Gasteiger partial charge in [0.05, 0.1) is 0 Å². The summed E-state index contributed by atoms with van der Waals surface area (Å²) in [4.78, 5) is 13.2. The molecular weight excluding hydrogens is 216 g/mol. The summed E-state index contributed by atoms with van der Waals surface area (Å²) < 4.78 is 0. The van der Waals surface area contributed by atoms with Crippen molar-refractivity contribution in [1.29, 1.82) is 0 Å². The Hall–Kier alpha value is -0.630. The molecule has 1 atom stereocenters. The Morgan fingerprint density at radius 1 is 1.44 bits per heavy atom. The van der Waals surface area contributed by atoms with Gasteiger partial charge in [-0.3, -0.25) is 4.79 Å². The molecule has 90 valence electrons. The molecule has 0 spiro atoms. The van der Waals surface area contributed by atoms with E-state index in [1.54, 1.807) is 11.3 Å². The maximum absolute atomic E-state index is 12.0. The van der Waals surface area contributed by atoms with Gasteiger partial charge >= 0.3 is 0 Å². The van der Waals surface area contributed by atoms with E-state index in [0.717, 1.165) is 16.9 Å². The van der Waals surface area contributed by atoms with Crippen LogP contribution >= 0.6 is 11.3 Å². The van der Waals surface area contributed by atoms with Crippen molar-refractivity contribution in [3.63, 3.8) is 0 Å². The van der Waals surface area contributed by atoms with Crippen LogP contribution in [0.4, 0.5) is 0 Å². The van der Waals surface area contributed by atoms with E-state index in [9.17, 15) is 4.79 Å². The zero-order valence-electron chi connectivity index (χ0n) is 11.0. The zero-order chi connectivity index (χ0) is 12.3. The van der Waals surface area contributed by atoms with Gasteiger partial charge in [0.2, 0.25) is 0 Å². The summed E-state index contributed by atoms with van der Waals surface area (Å²) in [7, 11) is 0. The molecule has 0 bridgehead atoms. The molecule has 0 aliphatic rings. The summed E-state index contributed by atoms with van der Waals surface area (Å²) in [5, 5.41) is 2.00. The van der Waals surface area contributed by atoms with Crippen LogP contribution in [0.3, 0.4) is 0 Å². The smallest absolute Gasteiger partial charge is 0.164 e. The predicted molar refractivity (Wildman–Crippen MR) is 71.2 cm³/mol. The number of thiophene rings is 1. The minimum atomic E-state index is 0.301. The van der Waals surface area contributed by atoms with Crippen LogP contribution in [-0.2, 0) is 0 Å². The number of hydrogen-bond acceptors (Lipinski definition) is 2. The van der Waals surface area contributed by atoms with Gasteiger partial charge in [-0.25, -0.2) is 0 Å². The van der Waals surface area contributed by atoms with E-state index in [2.05, 4.69) is 27.7 Å². The second-order valence-electron chi connectivity index (χ2n) is 5.89. The minimum absolute atomic E-state index is 0.301. The molecule has 0 N–H and O–H groups in total. The van der Waals surface area contributed by atoms with E-state index in [4.69, 9.17) is 0 Å². The van der Waals surface area contributed by atoms with Crippen LogP contribution in [0, 0.1) is 18.3 Å². The van der Waals surface area contributed by atoms with E-state index in [-0.39, 0.29) is 0 Å². The molecule has 0 saturated carbocycles. The van der Waals surface area contributed by atoms with Crippen molar-refractivity contribution in [3.8, 4) is 0 Å². The standard InChI is InChI=1S/C14H22OS/c1-10(9-14(3,4)5)8-13(15)12-6-7-16-11(12)2/h6-7,10H,8-9H2,1-5H3. The summed E-state index contributed by atoms with van der Waals surface area (Å²) in [6.07, 6.45) is 1.77. The fraction of sp³-hybridized carbons (Fsp3) is 0.643. The lowest BCUT2D eigenvalue weighted by Crippen LogP contribution is -2.14. The largest absolute Gasteiger partial charge is 0.294 e. The Morgan fingerprint density at radius 2 is 2.06 bits per heavy atom. The molecular formula is C14H22OS. The Bertz CT molecular complexity index is 357. The van der Waals surface area contributed by atoms with Crippen molar-refractivity contribution >= 4 is 17.1 Å². The number of Topliss-reactive ketones (excluding diaryl/α,β-unsaturated/α-hetero) is 1. The summed E-state index contributed by atoms with van der Waals surface area (Å²) in [5.74, 6) is 0.766. The fourth-order valence-corrected chi connectivity index (χ4v) is 2.94. The van der Waals surface area contributed by atoms with E-state index in [1.807, 2.05) is 18.4 Å². The molecule has 1 unspecified atom stereocenters. The second-order valence-corrected chi connectivity index (χ2v) is 7.01. The lowest BCUT2D eigenvalue weighted by molar-refractivity contribution is 0.0954. The molecule has 1 aromatic rings. The molecule has 1 nitrogen and oxygen atoms in total. The van der Waals surface area contributed by atoms with Gasteiger partial charge in [0.25, 0.3) is 0 Å². The van der Waals surface area contributed by atoms with E-state index in [0.29, 0.717) is 23.5 Å². The molecule has 16 heavy (non-hydrogen) atoms. The van der Waals surface area contributed by atoms with Gasteiger partial charge in [0.1, 0.15) is 0 Å². The number of hydrogen-bond donors (Lipinski definition) is 0. The molecule has 1 rings (SSSR count). The van der Waals surface area contributed by atoms with Crippen LogP contribution in [0.1, 0.15) is 55.8 Å². The maximum Gasteiger partial charge on any atom is 0.164 e. The SMILES string of the molecule is Cc1sccc1C(=O)CC(C)CC(C)(C)C. The second kappa shape index (κ2) is 5.13. The normalized spacial score (nSPS) is 13.8. The van der Waals surface area contributed by atoms with E-state index >= 15 is 0 Å². The van der Waals surface area contributed by atoms with Crippen molar-refractivity contribution < 1.29 is 4.79 Å². The summed E-state index contributed by atoms with van der Waals surface area (Å²) >= 11 is 1.65. The third-order valence-electron chi connectivity index (χ3n) is 2.65. The monoisotopic (exact) mass is 238 g/mol. The quantitative estimate of drug-likeness (QED) is 0.695. The van der Waals surface area contributed by atoms with Crippen molar-refractivity contribution in [2.75, 3.05) is 0 Å². The lowest BCUT2D eigenvalue weighted by atomic mass is 9.83. The molecule has 1 aromatic heterocycles. The molecule has 0 radical (unpaired) electrons. The highest BCUT2D eigenvalue weighted by atomic mass is 32.1. The van der Waals surface area contributed by atoms with Crippen LogP contribution in [0.2, 0.25) is 0 Å². The highest BCUT2D eigenvalue weighted by molar-refractivity contribution is 7.10. The Labute approximate surface area is 103 Å². The Morgan fingerprint density at radius 3 is 2.50 bits per heavy atom. The average Bonchev–Trinajstić information content (AvgIpc) is 2.47. The Kier molecular flexibility index (Phi) is 4.31. The Balaban J connectivity index is 2.56. The van der Waals surface area contributed by atoms with Crippen molar-refractivity contribution in [3.05, 3.63) is 21.9 Å². The maximum atomic E-state index is 12.0. The first-order valence-corrected chi connectivity index (χ1v) is 6.75. The van der Waals surface area contributed by atoms with Crippen LogP contribution in [0.15, 0.2) is 11.4 Å². The van der Waals surface area contributed by atoms with Gasteiger partial charge in [-0.15, -0.1) is 11.3 Å². The number of carbonyl (C=O) groups excluding carboxylic acids is 1. The third-order valence-corrected chi connectivity index (χ3v) is 3.50. The third kappa shape index (κ3) is 4.09. The molecule has 0 fully saturated rings. The highest BCUT2D eigenvalue weighted by Gasteiger charge is 2.19. The molecule has 2 heteroatoms. The summed E-state index contributed by atoms with van der Waals surface area (Å²) in [6, 6.07) is 1.95. The average molecular weight is 238 g/mol. The van der Waals surface area contributed by atoms with Crippen LogP contribution in [0.5, 0.6) is 0 Å². The van der Waals surface area contributed by atoms with Gasteiger partial charge in [0.15, 0.2) is 5.78 Å². The van der Waals surface area contributed by atoms with E-state index in [1.165, 1.54) is 0 Å². The molecule has 0 aliphatic heterocycles. The molecule has 0 aromatic carbocycles. The number of rotatable bonds is 4. The van der Waals surface area contributed by atoms with Crippen molar-refractivity contribution in [2.45, 2.75) is 47.5 Å². The van der Waals surface area contributed by atoms with Crippen molar-refractivity contribution in [1.82, 2.24) is 0 Å². The predicted octanol–water partition coefficient (Wildman–Crippen LogP) is 4.70. The molecule has 1 heterocycles. The zero-order valence-corrected chi connectivity index (χ0v) is 11.8.